The number of ether oxygens (including phenoxy) is 1. The third-order valence-electron chi connectivity index (χ3n) is 9.91. The number of allylic oxidation sites excluding steroid dienone is 2. The zero-order valence-corrected chi connectivity index (χ0v) is 26.4. The lowest BCUT2D eigenvalue weighted by molar-refractivity contribution is -0.125. The standard InChI is InChI=1S/C34H25Cl2FN2O9/c1-48-18-7-11-24(40)22(13-18)27-19-9-10-21-26(29(43)38(28(21)42)17-6-8-20(30(44)45)25(41)12-17)23(19)14-33(35)31(46)39(32(47)34(27,33)36)16-4-2-15(37)3-5-16/h2-9,11-13,21,23,26-27,40-41H,10,14H2,1H3,(H,44,45). The molecule has 2 saturated heterocycles. The number of rotatable bonds is 5. The van der Waals surface area contributed by atoms with E-state index in [1.807, 2.05) is 0 Å². The van der Waals surface area contributed by atoms with Crippen molar-refractivity contribution < 1.29 is 48.4 Å². The summed E-state index contributed by atoms with van der Waals surface area (Å²) in [6.45, 7) is 0. The van der Waals surface area contributed by atoms with E-state index >= 15 is 0 Å². The SMILES string of the molecule is COc1ccc(O)c(C2C3=CCC4C(=O)N(c5ccc(C(=O)O)c(O)c5)C(=O)C4C3CC3(Cl)C(=O)N(c4ccc(F)cc4)C(=O)C23Cl)c1. The van der Waals surface area contributed by atoms with Crippen molar-refractivity contribution in [3.8, 4) is 17.2 Å². The number of aromatic carboxylic acids is 1. The maximum Gasteiger partial charge on any atom is 0.339 e. The minimum Gasteiger partial charge on any atom is -0.508 e. The number of amides is 4. The van der Waals surface area contributed by atoms with Crippen molar-refractivity contribution in [3.05, 3.63) is 89.3 Å². The van der Waals surface area contributed by atoms with Gasteiger partial charge in [0.15, 0.2) is 9.75 Å². The fraction of sp³-hybridized carbons (Fsp3) is 0.265. The molecule has 1 saturated carbocycles. The number of phenolic OH excluding ortho intramolecular Hbond substituents is 1. The predicted octanol–water partition coefficient (Wildman–Crippen LogP) is 4.71. The number of nitrogens with zero attached hydrogens (tertiary/aromatic N) is 2. The average molecular weight is 695 g/mol. The first kappa shape index (κ1) is 31.6. The third-order valence-corrected chi connectivity index (χ3v) is 11.3. The van der Waals surface area contributed by atoms with E-state index in [1.54, 1.807) is 6.08 Å². The summed E-state index contributed by atoms with van der Waals surface area (Å²) < 4.78 is 19.2. The molecule has 3 N–H and O–H groups in total. The summed E-state index contributed by atoms with van der Waals surface area (Å²) in [6, 6.07) is 12.2. The Morgan fingerprint density at radius 3 is 2.21 bits per heavy atom. The summed E-state index contributed by atoms with van der Waals surface area (Å²) in [7, 11) is 1.39. The molecule has 0 bridgehead atoms. The second-order valence-electron chi connectivity index (χ2n) is 12.2. The molecule has 2 heterocycles. The number of fused-ring (bicyclic) bond motifs is 4. The lowest BCUT2D eigenvalue weighted by Gasteiger charge is -2.50. The lowest BCUT2D eigenvalue weighted by atomic mass is 9.56. The topological polar surface area (TPSA) is 162 Å². The molecule has 0 radical (unpaired) electrons. The van der Waals surface area contributed by atoms with Crippen molar-refractivity contribution >= 4 is 64.2 Å². The molecule has 6 atom stereocenters. The van der Waals surface area contributed by atoms with Gasteiger partial charge in [-0.2, -0.15) is 0 Å². The molecule has 0 spiro atoms. The summed E-state index contributed by atoms with van der Waals surface area (Å²) in [5, 5.41) is 30.8. The van der Waals surface area contributed by atoms with Crippen molar-refractivity contribution in [2.45, 2.75) is 28.5 Å². The molecule has 0 aromatic heterocycles. The van der Waals surface area contributed by atoms with Crippen LogP contribution in [0.3, 0.4) is 0 Å². The summed E-state index contributed by atoms with van der Waals surface area (Å²) in [6.07, 6.45) is 1.34. The fourth-order valence-electron chi connectivity index (χ4n) is 7.73. The third kappa shape index (κ3) is 4.15. The van der Waals surface area contributed by atoms with Crippen molar-refractivity contribution in [1.29, 1.82) is 0 Å². The van der Waals surface area contributed by atoms with Crippen LogP contribution in [0.2, 0.25) is 0 Å². The van der Waals surface area contributed by atoms with Crippen LogP contribution < -0.4 is 14.5 Å². The molecule has 48 heavy (non-hydrogen) atoms. The van der Waals surface area contributed by atoms with Gasteiger partial charge in [-0.1, -0.05) is 11.6 Å². The van der Waals surface area contributed by atoms with Gasteiger partial charge in [0.1, 0.15) is 28.6 Å². The zero-order valence-electron chi connectivity index (χ0n) is 24.9. The van der Waals surface area contributed by atoms with Crippen LogP contribution in [0.4, 0.5) is 15.8 Å². The van der Waals surface area contributed by atoms with Gasteiger partial charge in [-0.15, -0.1) is 23.2 Å². The van der Waals surface area contributed by atoms with Crippen molar-refractivity contribution in [3.63, 3.8) is 0 Å². The molecule has 2 aliphatic carbocycles. The minimum atomic E-state index is -2.26. The van der Waals surface area contributed by atoms with Gasteiger partial charge in [-0.05, 0) is 73.4 Å². The van der Waals surface area contributed by atoms with E-state index in [0.717, 1.165) is 34.1 Å². The van der Waals surface area contributed by atoms with E-state index in [2.05, 4.69) is 0 Å². The van der Waals surface area contributed by atoms with Crippen LogP contribution in [0.15, 0.2) is 72.3 Å². The summed E-state index contributed by atoms with van der Waals surface area (Å²) in [5.74, 6) is -10.1. The van der Waals surface area contributed by atoms with Crippen LogP contribution in [-0.2, 0) is 19.2 Å². The molecule has 7 rings (SSSR count). The van der Waals surface area contributed by atoms with Gasteiger partial charge in [0.2, 0.25) is 11.8 Å². The molecule has 3 aromatic carbocycles. The van der Waals surface area contributed by atoms with Crippen molar-refractivity contribution in [1.82, 2.24) is 0 Å². The number of benzene rings is 3. The van der Waals surface area contributed by atoms with E-state index < -0.39 is 80.1 Å². The van der Waals surface area contributed by atoms with Crippen LogP contribution >= 0.6 is 23.2 Å². The highest BCUT2D eigenvalue weighted by molar-refractivity contribution is 6.58. The minimum absolute atomic E-state index is 0.00667. The normalized spacial score (nSPS) is 29.4. The molecule has 4 amide bonds. The fourth-order valence-corrected chi connectivity index (χ4v) is 8.66. The Bertz CT molecular complexity index is 2000. The zero-order chi connectivity index (χ0) is 34.4. The second-order valence-corrected chi connectivity index (χ2v) is 13.4. The van der Waals surface area contributed by atoms with Crippen molar-refractivity contribution in [2.75, 3.05) is 16.9 Å². The Hall–Kier alpha value is -4.94. The molecule has 246 valence electrons. The monoisotopic (exact) mass is 694 g/mol. The molecule has 2 aliphatic heterocycles. The number of carbonyl (C=O) groups is 5. The largest absolute Gasteiger partial charge is 0.508 e. The molecular formula is C34H25Cl2FN2O9. The Kier molecular flexibility index (Phi) is 7.12. The van der Waals surface area contributed by atoms with Gasteiger partial charge in [-0.25, -0.2) is 19.0 Å². The van der Waals surface area contributed by atoms with E-state index in [9.17, 15) is 43.7 Å². The van der Waals surface area contributed by atoms with Crippen molar-refractivity contribution in [2.24, 2.45) is 17.8 Å². The van der Waals surface area contributed by atoms with Crippen LogP contribution in [0.1, 0.15) is 34.7 Å². The number of alkyl halides is 2. The number of carboxylic acids is 1. The molecule has 3 aromatic rings. The van der Waals surface area contributed by atoms with E-state index in [1.165, 1.54) is 43.5 Å². The number of carbonyl (C=O) groups excluding carboxylic acids is 4. The predicted molar refractivity (Wildman–Crippen MR) is 169 cm³/mol. The van der Waals surface area contributed by atoms with Gasteiger partial charge in [0.05, 0.1) is 30.3 Å². The Labute approximate surface area is 281 Å². The maximum absolute atomic E-state index is 14.4. The van der Waals surface area contributed by atoms with E-state index in [4.69, 9.17) is 27.9 Å². The number of methoxy groups -OCH3 is 1. The summed E-state index contributed by atoms with van der Waals surface area (Å²) in [4.78, 5) is 65.4. The number of carboxylic acid groups (broad SMARTS) is 1. The van der Waals surface area contributed by atoms with Gasteiger partial charge in [-0.3, -0.25) is 19.2 Å². The average Bonchev–Trinajstić information content (AvgIpc) is 3.39. The van der Waals surface area contributed by atoms with Gasteiger partial charge in [0, 0.05) is 17.5 Å². The number of halogens is 3. The summed E-state index contributed by atoms with van der Waals surface area (Å²) in [5.41, 5.74) is 0.0226. The number of aromatic hydroxyl groups is 2. The van der Waals surface area contributed by atoms with E-state index in [0.29, 0.717) is 5.57 Å². The maximum atomic E-state index is 14.4. The highest BCUT2D eigenvalue weighted by Gasteiger charge is 2.77. The first-order chi connectivity index (χ1) is 22.7. The van der Waals surface area contributed by atoms with Crippen LogP contribution in [0.5, 0.6) is 17.2 Å². The molecule has 4 aliphatic rings. The quantitative estimate of drug-likeness (QED) is 0.195. The first-order valence-electron chi connectivity index (χ1n) is 14.8. The number of hydrogen-bond donors (Lipinski definition) is 3. The first-order valence-corrected chi connectivity index (χ1v) is 15.5. The summed E-state index contributed by atoms with van der Waals surface area (Å²) >= 11 is 14.6. The van der Waals surface area contributed by atoms with E-state index in [-0.39, 0.29) is 41.3 Å². The van der Waals surface area contributed by atoms with Crippen LogP contribution in [0, 0.1) is 23.6 Å². The second kappa shape index (κ2) is 10.8. The Morgan fingerprint density at radius 1 is 0.875 bits per heavy atom. The number of hydrogen-bond acceptors (Lipinski definition) is 8. The molecular weight excluding hydrogens is 670 g/mol. The number of imide groups is 2. The molecule has 3 fully saturated rings. The van der Waals surface area contributed by atoms with Crippen LogP contribution in [-0.4, -0.2) is 61.8 Å². The highest BCUT2D eigenvalue weighted by Crippen LogP contribution is 2.66. The molecule has 11 nitrogen and oxygen atoms in total. The lowest BCUT2D eigenvalue weighted by Crippen LogP contribution is -2.60. The smallest absolute Gasteiger partial charge is 0.339 e. The van der Waals surface area contributed by atoms with Gasteiger partial charge in [0.25, 0.3) is 11.8 Å². The van der Waals surface area contributed by atoms with Gasteiger partial charge < -0.3 is 20.1 Å². The number of anilines is 2. The Morgan fingerprint density at radius 2 is 1.56 bits per heavy atom. The molecule has 6 unspecified atom stereocenters. The van der Waals surface area contributed by atoms with Gasteiger partial charge >= 0.3 is 5.97 Å². The molecule has 14 heteroatoms. The number of phenols is 2. The van der Waals surface area contributed by atoms with Crippen LogP contribution in [0.25, 0.3) is 0 Å². The highest BCUT2D eigenvalue weighted by atomic mass is 35.5. The Balaban J connectivity index is 1.39.